The molecule has 0 atom stereocenters. The Balaban J connectivity index is 0.000000128. The predicted molar refractivity (Wildman–Crippen MR) is 205 cm³/mol. The van der Waals surface area contributed by atoms with Crippen LogP contribution in [-0.2, 0) is 0 Å². The van der Waals surface area contributed by atoms with Crippen molar-refractivity contribution >= 4 is 40.6 Å². The zero-order valence-electron chi connectivity index (χ0n) is 30.7. The molecule has 2 spiro atoms. The summed E-state index contributed by atoms with van der Waals surface area (Å²) in [5.41, 5.74) is 9.29. The first-order chi connectivity index (χ1) is 26.4. The molecule has 10 rings (SSSR count). The van der Waals surface area contributed by atoms with Gasteiger partial charge in [-0.25, -0.2) is 28.7 Å². The fourth-order valence-corrected chi connectivity index (χ4v) is 6.65. The van der Waals surface area contributed by atoms with Crippen LogP contribution >= 0.6 is 11.6 Å². The highest BCUT2D eigenvalue weighted by atomic mass is 35.5. The van der Waals surface area contributed by atoms with Gasteiger partial charge in [0.25, 0.3) is 0 Å². The van der Waals surface area contributed by atoms with Gasteiger partial charge in [0.15, 0.2) is 23.1 Å². The number of anilines is 5. The minimum Gasteiger partial charge on any atom is -0.486 e. The van der Waals surface area contributed by atoms with Gasteiger partial charge in [0, 0.05) is 37.9 Å². The van der Waals surface area contributed by atoms with Crippen LogP contribution < -0.4 is 30.3 Å². The first-order valence-corrected chi connectivity index (χ1v) is 18.1. The Bertz CT molecular complexity index is 2380. The Hall–Kier alpha value is -6.03. The largest absolute Gasteiger partial charge is 0.486 e. The molecule has 0 unspecified atom stereocenters. The van der Waals surface area contributed by atoms with E-state index in [1.165, 1.54) is 25.0 Å². The third-order valence-corrected chi connectivity index (χ3v) is 10.5. The summed E-state index contributed by atoms with van der Waals surface area (Å²) < 4.78 is 42.6. The lowest BCUT2D eigenvalue weighted by molar-refractivity contribution is 0.252. The average Bonchev–Trinajstić information content (AvgIpc) is 4.04. The van der Waals surface area contributed by atoms with Gasteiger partial charge in [0.05, 0.1) is 58.9 Å². The van der Waals surface area contributed by atoms with Crippen molar-refractivity contribution in [3.8, 4) is 22.9 Å². The van der Waals surface area contributed by atoms with E-state index in [1.807, 2.05) is 27.9 Å². The van der Waals surface area contributed by atoms with Crippen LogP contribution in [0.2, 0.25) is 5.28 Å². The lowest BCUT2D eigenvalue weighted by atomic mass is 10.2. The number of nitrogens with two attached hydrogens (primary N) is 1. The van der Waals surface area contributed by atoms with Crippen molar-refractivity contribution in [3.05, 3.63) is 102 Å². The number of imidazole rings is 2. The highest BCUT2D eigenvalue weighted by molar-refractivity contribution is 6.28. The van der Waals surface area contributed by atoms with Crippen molar-refractivity contribution in [1.29, 1.82) is 0 Å². The topological polar surface area (TPSA) is 150 Å². The fourth-order valence-electron chi connectivity index (χ4n) is 6.52. The number of halogens is 3. The lowest BCUT2D eigenvalue weighted by Crippen LogP contribution is -2.43. The molecule has 4 aliphatic rings. The van der Waals surface area contributed by atoms with Gasteiger partial charge >= 0.3 is 0 Å². The molecule has 3 N–H and O–H groups in total. The van der Waals surface area contributed by atoms with E-state index in [2.05, 4.69) is 45.0 Å². The van der Waals surface area contributed by atoms with Crippen molar-refractivity contribution in [3.63, 3.8) is 0 Å². The molecule has 55 heavy (non-hydrogen) atoms. The minimum atomic E-state index is -0.354. The van der Waals surface area contributed by atoms with Gasteiger partial charge in [-0.05, 0) is 87.5 Å². The molecular weight excluding hydrogens is 730 g/mol. The quantitative estimate of drug-likeness (QED) is 0.147. The highest BCUT2D eigenvalue weighted by Gasteiger charge is 2.52. The maximum absolute atomic E-state index is 14.5. The van der Waals surface area contributed by atoms with Gasteiger partial charge in [-0.3, -0.25) is 0 Å². The van der Waals surface area contributed by atoms with E-state index in [4.69, 9.17) is 26.8 Å². The number of fused-ring (bicyclic) bond motifs is 2. The monoisotopic (exact) mass is 768 g/mol. The number of rotatable bonds is 4. The van der Waals surface area contributed by atoms with Gasteiger partial charge in [-0.1, -0.05) is 0 Å². The van der Waals surface area contributed by atoms with Crippen molar-refractivity contribution in [2.45, 2.75) is 50.6 Å². The van der Waals surface area contributed by atoms with Gasteiger partial charge < -0.3 is 39.5 Å². The van der Waals surface area contributed by atoms with E-state index < -0.39 is 0 Å². The second-order valence-electron chi connectivity index (χ2n) is 14.2. The van der Waals surface area contributed by atoms with Crippen molar-refractivity contribution in [2.75, 3.05) is 48.2 Å². The average molecular weight is 769 g/mol. The van der Waals surface area contributed by atoms with Crippen LogP contribution in [0.5, 0.6) is 11.5 Å². The molecule has 14 nitrogen and oxygen atoms in total. The summed E-state index contributed by atoms with van der Waals surface area (Å²) in [6.45, 7) is 5.13. The molecule has 2 aromatic carbocycles. The molecule has 0 bridgehead atoms. The Morgan fingerprint density at radius 1 is 0.727 bits per heavy atom. The van der Waals surface area contributed by atoms with Crippen LogP contribution in [0.3, 0.4) is 0 Å². The van der Waals surface area contributed by atoms with Crippen LogP contribution in [-0.4, -0.2) is 77.4 Å². The minimum absolute atomic E-state index is 0.0787. The lowest BCUT2D eigenvalue weighted by Gasteiger charge is -2.35. The number of nitrogen functional groups attached to an aromatic ring is 1. The van der Waals surface area contributed by atoms with Crippen LogP contribution in [0.15, 0.2) is 73.8 Å². The van der Waals surface area contributed by atoms with E-state index in [0.29, 0.717) is 41.1 Å². The predicted octanol–water partition coefficient (Wildman–Crippen LogP) is 6.61. The maximum Gasteiger partial charge on any atom is 0.229 e. The van der Waals surface area contributed by atoms with Crippen molar-refractivity contribution < 1.29 is 18.3 Å². The summed E-state index contributed by atoms with van der Waals surface area (Å²) in [6.07, 6.45) is 14.6. The van der Waals surface area contributed by atoms with Crippen LogP contribution in [0.25, 0.3) is 11.4 Å². The number of nitrogens with one attached hydrogen (secondary N) is 1. The second-order valence-corrected chi connectivity index (χ2v) is 14.5. The number of hydrogen-bond acceptors (Lipinski definition) is 12. The molecular formula is C38H39ClF2N12O2. The normalized spacial score (nSPS) is 16.4. The molecule has 6 heterocycles. The fraction of sp³-hybridized carbons (Fsp3) is 0.316. The SMILES string of the molecule is CN1c2nc(Cl)ncc2OCC12CC2.Cc1cn(-c2ccc(N)cc2F)cn1.Cc1cn(-c2ccc(Nc3ncc4c(n3)N(C)C3(CC3)CO4)cc2F)cn1. The molecule has 284 valence electrons. The van der Waals surface area contributed by atoms with Crippen LogP contribution in [0.1, 0.15) is 37.1 Å². The Morgan fingerprint density at radius 2 is 1.25 bits per heavy atom. The van der Waals surface area contributed by atoms with Gasteiger partial charge in [-0.2, -0.15) is 9.97 Å². The molecule has 4 aromatic heterocycles. The number of aromatic nitrogens is 8. The number of likely N-dealkylation sites (N-methyl/N-ethyl adjacent to an activating group) is 2. The molecule has 2 aliphatic heterocycles. The number of aryl methyl sites for hydroxylation is 2. The first-order valence-electron chi connectivity index (χ1n) is 17.7. The van der Waals surface area contributed by atoms with E-state index in [9.17, 15) is 8.78 Å². The third kappa shape index (κ3) is 7.28. The number of nitrogens with zero attached hydrogens (tertiary/aromatic N) is 10. The molecule has 6 aromatic rings. The van der Waals surface area contributed by atoms with Crippen molar-refractivity contribution in [2.24, 2.45) is 0 Å². The van der Waals surface area contributed by atoms with E-state index in [0.717, 1.165) is 48.2 Å². The number of hydrogen-bond donors (Lipinski definition) is 2. The van der Waals surface area contributed by atoms with Crippen LogP contribution in [0.4, 0.5) is 37.7 Å². The molecule has 0 saturated heterocycles. The third-order valence-electron chi connectivity index (χ3n) is 10.3. The summed E-state index contributed by atoms with van der Waals surface area (Å²) in [4.78, 5) is 29.4. The molecule has 2 fully saturated rings. The first kappa shape index (κ1) is 36.0. The van der Waals surface area contributed by atoms with E-state index >= 15 is 0 Å². The Morgan fingerprint density at radius 3 is 1.76 bits per heavy atom. The summed E-state index contributed by atoms with van der Waals surface area (Å²) in [5, 5.41) is 3.35. The van der Waals surface area contributed by atoms with Gasteiger partial charge in [0.1, 0.15) is 24.8 Å². The molecule has 0 radical (unpaired) electrons. The number of benzene rings is 2. The number of ether oxygens (including phenoxy) is 2. The summed E-state index contributed by atoms with van der Waals surface area (Å²) in [5.74, 6) is 2.70. The zero-order chi connectivity index (χ0) is 38.5. The summed E-state index contributed by atoms with van der Waals surface area (Å²) in [7, 11) is 4.07. The van der Waals surface area contributed by atoms with Crippen molar-refractivity contribution in [1.82, 2.24) is 39.0 Å². The maximum atomic E-state index is 14.5. The Kier molecular flexibility index (Phi) is 9.15. The molecule has 0 amide bonds. The van der Waals surface area contributed by atoms with Gasteiger partial charge in [0.2, 0.25) is 11.2 Å². The molecule has 2 aliphatic carbocycles. The highest BCUT2D eigenvalue weighted by Crippen LogP contribution is 2.49. The standard InChI is InChI=1S/C19H19FN6O.C10H10FN3.C9H10ClN3O/c1-12-9-26(11-22-12)15-4-3-13(7-14(15)20)23-18-21-8-16-17(24-18)25(2)19(5-6-19)10-27-16;1-7-5-14(6-13-7)10-3-2-8(12)4-9(10)11;1-13-7-6(4-11-8(10)12-7)14-5-9(13)2-3-9/h3-4,7-9,11H,5-6,10H2,1-2H3,(H,21,23,24);2-6H,12H2,1H3;4H,2-3,5H2,1H3. The van der Waals surface area contributed by atoms with Crippen LogP contribution in [0, 0.1) is 25.5 Å². The summed E-state index contributed by atoms with van der Waals surface area (Å²) >= 11 is 5.75. The Labute approximate surface area is 321 Å². The molecule has 17 heteroatoms. The second kappa shape index (κ2) is 14.0. The molecule has 2 saturated carbocycles. The summed E-state index contributed by atoms with van der Waals surface area (Å²) in [6, 6.07) is 9.51. The van der Waals surface area contributed by atoms with E-state index in [1.54, 1.807) is 70.8 Å². The zero-order valence-corrected chi connectivity index (χ0v) is 31.4. The van der Waals surface area contributed by atoms with Gasteiger partial charge in [-0.15, -0.1) is 0 Å². The smallest absolute Gasteiger partial charge is 0.229 e. The van der Waals surface area contributed by atoms with E-state index in [-0.39, 0.29) is 28.0 Å².